The molecule has 18 heavy (non-hydrogen) atoms. The molecule has 0 saturated heterocycles. The van der Waals surface area contributed by atoms with Crippen molar-refractivity contribution in [2.24, 2.45) is 5.73 Å². The first kappa shape index (κ1) is 11.9. The first-order chi connectivity index (χ1) is 8.78. The van der Waals surface area contributed by atoms with Gasteiger partial charge in [0.2, 0.25) is 0 Å². The van der Waals surface area contributed by atoms with Gasteiger partial charge in [0.05, 0.1) is 17.8 Å². The summed E-state index contributed by atoms with van der Waals surface area (Å²) in [6.45, 7) is 1.26. The van der Waals surface area contributed by atoms with Gasteiger partial charge in [-0.25, -0.2) is 0 Å². The third-order valence-electron chi connectivity index (χ3n) is 2.86. The molecule has 0 unspecified atom stereocenters. The molecule has 0 atom stereocenters. The van der Waals surface area contributed by atoms with Gasteiger partial charge in [-0.1, -0.05) is 18.2 Å². The van der Waals surface area contributed by atoms with Crippen LogP contribution in [0.5, 0.6) is 0 Å². The molecule has 2 aromatic heterocycles. The van der Waals surface area contributed by atoms with Crippen molar-refractivity contribution in [2.75, 3.05) is 0 Å². The number of hydrogen-bond acceptors (Lipinski definition) is 3. The van der Waals surface area contributed by atoms with Gasteiger partial charge in [-0.05, 0) is 28.1 Å². The maximum Gasteiger partial charge on any atom is 0.0839 e. The number of fused-ring (bicyclic) bond motifs is 1. The molecule has 3 rings (SSSR count). The Balaban J connectivity index is 2.06. The van der Waals surface area contributed by atoms with E-state index in [9.17, 15) is 0 Å². The van der Waals surface area contributed by atoms with Crippen molar-refractivity contribution in [1.29, 1.82) is 0 Å². The lowest BCUT2D eigenvalue weighted by Gasteiger charge is -2.00. The van der Waals surface area contributed by atoms with E-state index >= 15 is 0 Å². The maximum atomic E-state index is 5.75. The zero-order valence-corrected chi connectivity index (χ0v) is 12.0. The summed E-state index contributed by atoms with van der Waals surface area (Å²) in [5.41, 5.74) is 7.85. The van der Waals surface area contributed by atoms with Crippen molar-refractivity contribution >= 4 is 38.2 Å². The fraction of sp³-hybridized carbons (Fsp3) is 0.154. The molecule has 0 aliphatic carbocycles. The summed E-state index contributed by atoms with van der Waals surface area (Å²) >= 11 is 5.21. The van der Waals surface area contributed by atoms with E-state index in [1.54, 1.807) is 11.3 Å². The molecule has 0 aliphatic heterocycles. The Bertz CT molecular complexity index is 686. The van der Waals surface area contributed by atoms with Crippen molar-refractivity contribution in [2.45, 2.75) is 13.1 Å². The largest absolute Gasteiger partial charge is 0.325 e. The van der Waals surface area contributed by atoms with Crippen LogP contribution in [0.15, 0.2) is 40.2 Å². The zero-order valence-electron chi connectivity index (χ0n) is 9.64. The summed E-state index contributed by atoms with van der Waals surface area (Å²) in [4.78, 5) is 1.28. The molecule has 0 amide bonds. The van der Waals surface area contributed by atoms with Gasteiger partial charge in [-0.3, -0.25) is 4.68 Å². The fourth-order valence-corrected chi connectivity index (χ4v) is 3.48. The molecule has 0 bridgehead atoms. The van der Waals surface area contributed by atoms with Crippen LogP contribution in [0.1, 0.15) is 10.6 Å². The molecule has 0 radical (unpaired) electrons. The number of nitrogens with zero attached hydrogens (tertiary/aromatic N) is 2. The topological polar surface area (TPSA) is 43.8 Å². The number of thiophene rings is 1. The summed E-state index contributed by atoms with van der Waals surface area (Å²) < 4.78 is 3.15. The second-order valence-electron chi connectivity index (χ2n) is 4.06. The van der Waals surface area contributed by atoms with E-state index in [0.717, 1.165) is 27.6 Å². The van der Waals surface area contributed by atoms with E-state index in [-0.39, 0.29) is 0 Å². The molecular weight excluding hydrogens is 310 g/mol. The minimum absolute atomic E-state index is 0.474. The highest BCUT2D eigenvalue weighted by Gasteiger charge is 2.09. The first-order valence-electron chi connectivity index (χ1n) is 5.65. The van der Waals surface area contributed by atoms with Crippen LogP contribution < -0.4 is 5.73 Å². The predicted octanol–water partition coefficient (Wildman–Crippen LogP) is 3.37. The highest BCUT2D eigenvalue weighted by molar-refractivity contribution is 9.10. The molecule has 0 fully saturated rings. The highest BCUT2D eigenvalue weighted by Crippen LogP contribution is 2.23. The van der Waals surface area contributed by atoms with E-state index in [4.69, 9.17) is 5.73 Å². The van der Waals surface area contributed by atoms with Crippen LogP contribution in [0.3, 0.4) is 0 Å². The average Bonchev–Trinajstić information content (AvgIpc) is 2.95. The monoisotopic (exact) mass is 321 g/mol. The number of halogens is 1. The quantitative estimate of drug-likeness (QED) is 0.803. The third kappa shape index (κ3) is 2.09. The Morgan fingerprint density at radius 3 is 2.89 bits per heavy atom. The molecule has 3 nitrogen and oxygen atoms in total. The molecule has 3 aromatic rings. The lowest BCUT2D eigenvalue weighted by molar-refractivity contribution is 0.701. The van der Waals surface area contributed by atoms with Gasteiger partial charge in [0.25, 0.3) is 0 Å². The Kier molecular flexibility index (Phi) is 3.20. The molecular formula is C13H12BrN3S. The van der Waals surface area contributed by atoms with Crippen molar-refractivity contribution < 1.29 is 0 Å². The SMILES string of the molecule is NCc1nn(Cc2cc(Br)cs2)c2ccccc12. The van der Waals surface area contributed by atoms with Crippen LogP contribution >= 0.6 is 27.3 Å². The van der Waals surface area contributed by atoms with Gasteiger partial charge in [0.15, 0.2) is 0 Å². The number of nitrogens with two attached hydrogens (primary N) is 1. The van der Waals surface area contributed by atoms with E-state index in [0.29, 0.717) is 6.54 Å². The normalized spacial score (nSPS) is 11.2. The minimum atomic E-state index is 0.474. The van der Waals surface area contributed by atoms with Crippen LogP contribution in [-0.2, 0) is 13.1 Å². The van der Waals surface area contributed by atoms with Crippen LogP contribution in [0.4, 0.5) is 0 Å². The van der Waals surface area contributed by atoms with Gasteiger partial charge < -0.3 is 5.73 Å². The van der Waals surface area contributed by atoms with Crippen molar-refractivity contribution in [3.05, 3.63) is 50.8 Å². The van der Waals surface area contributed by atoms with E-state index in [1.807, 2.05) is 16.8 Å². The lowest BCUT2D eigenvalue weighted by atomic mass is 10.2. The summed E-state index contributed by atoms with van der Waals surface area (Å²) in [6, 6.07) is 10.3. The summed E-state index contributed by atoms with van der Waals surface area (Å²) in [5.74, 6) is 0. The number of benzene rings is 1. The highest BCUT2D eigenvalue weighted by atomic mass is 79.9. The smallest absolute Gasteiger partial charge is 0.0839 e. The molecule has 2 heterocycles. The lowest BCUT2D eigenvalue weighted by Crippen LogP contribution is -2.02. The third-order valence-corrected chi connectivity index (χ3v) is 4.54. The second kappa shape index (κ2) is 4.84. The summed E-state index contributed by atoms with van der Waals surface area (Å²) in [6.07, 6.45) is 0. The number of hydrogen-bond donors (Lipinski definition) is 1. The van der Waals surface area contributed by atoms with Crippen molar-refractivity contribution in [1.82, 2.24) is 9.78 Å². The van der Waals surface area contributed by atoms with Gasteiger partial charge in [0.1, 0.15) is 0 Å². The first-order valence-corrected chi connectivity index (χ1v) is 7.32. The molecule has 2 N–H and O–H groups in total. The van der Waals surface area contributed by atoms with Crippen molar-refractivity contribution in [3.63, 3.8) is 0 Å². The summed E-state index contributed by atoms with van der Waals surface area (Å²) in [5, 5.41) is 7.83. The fourth-order valence-electron chi connectivity index (χ4n) is 2.05. The Hall–Kier alpha value is -1.17. The molecule has 92 valence electrons. The Morgan fingerprint density at radius 1 is 1.33 bits per heavy atom. The number of aromatic nitrogens is 2. The van der Waals surface area contributed by atoms with Gasteiger partial charge >= 0.3 is 0 Å². The van der Waals surface area contributed by atoms with Crippen LogP contribution in [0.25, 0.3) is 10.9 Å². The Morgan fingerprint density at radius 2 is 2.17 bits per heavy atom. The zero-order chi connectivity index (χ0) is 12.5. The average molecular weight is 322 g/mol. The van der Waals surface area contributed by atoms with Crippen LogP contribution in [0, 0.1) is 0 Å². The Labute approximate surface area is 117 Å². The molecule has 0 aliphatic rings. The molecule has 0 saturated carbocycles. The van der Waals surface area contributed by atoms with E-state index < -0.39 is 0 Å². The van der Waals surface area contributed by atoms with Crippen LogP contribution in [0.2, 0.25) is 0 Å². The molecule has 0 spiro atoms. The number of rotatable bonds is 3. The molecule has 5 heteroatoms. The minimum Gasteiger partial charge on any atom is -0.325 e. The van der Waals surface area contributed by atoms with E-state index in [2.05, 4.69) is 44.6 Å². The van der Waals surface area contributed by atoms with Crippen molar-refractivity contribution in [3.8, 4) is 0 Å². The van der Waals surface area contributed by atoms with Gasteiger partial charge in [0, 0.05) is 26.7 Å². The van der Waals surface area contributed by atoms with Crippen LogP contribution in [-0.4, -0.2) is 9.78 Å². The molecule has 1 aromatic carbocycles. The second-order valence-corrected chi connectivity index (χ2v) is 5.97. The number of para-hydroxylation sites is 1. The standard InChI is InChI=1S/C13H12BrN3S/c14-9-5-10(18-8-9)7-17-13-4-2-1-3-11(13)12(6-15)16-17/h1-5,8H,6-7,15H2. The summed E-state index contributed by atoms with van der Waals surface area (Å²) in [7, 11) is 0. The predicted molar refractivity (Wildman–Crippen MR) is 78.7 cm³/mol. The van der Waals surface area contributed by atoms with Gasteiger partial charge in [-0.2, -0.15) is 5.10 Å². The maximum absolute atomic E-state index is 5.75. The van der Waals surface area contributed by atoms with Gasteiger partial charge in [-0.15, -0.1) is 11.3 Å². The van der Waals surface area contributed by atoms with E-state index in [1.165, 1.54) is 4.88 Å².